The number of hydrogen-bond donors (Lipinski definition) is 1. The molecule has 2 unspecified atom stereocenters. The molecule has 104 valence electrons. The lowest BCUT2D eigenvalue weighted by Crippen LogP contribution is -2.33. The molecule has 0 bridgehead atoms. The van der Waals surface area contributed by atoms with Gasteiger partial charge in [0.05, 0.1) is 6.04 Å². The lowest BCUT2D eigenvalue weighted by molar-refractivity contribution is -0.129. The summed E-state index contributed by atoms with van der Waals surface area (Å²) in [6.07, 6.45) is -1.40. The van der Waals surface area contributed by atoms with Crippen LogP contribution in [0.4, 0.5) is 8.78 Å². The van der Waals surface area contributed by atoms with Crippen LogP contribution in [0.3, 0.4) is 0 Å². The number of nitrogens with two attached hydrogens (primary N) is 1. The van der Waals surface area contributed by atoms with Gasteiger partial charge in [0.1, 0.15) is 0 Å². The average Bonchev–Trinajstić information content (AvgIpc) is 2.65. The molecule has 0 saturated carbocycles. The summed E-state index contributed by atoms with van der Waals surface area (Å²) in [5.41, 5.74) is 6.67. The zero-order valence-corrected chi connectivity index (χ0v) is 10.9. The number of rotatable bonds is 4. The average molecular weight is 268 g/mol. The molecule has 1 aromatic carbocycles. The molecule has 1 aliphatic rings. The standard InChI is InChI=1S/C14H18F2N2O/c1-2-6-18-12(19)8-11(17)13(18)9-4-3-5-10(7-9)14(15)16/h3-5,7,11,13-14H,2,6,8,17H2,1H3. The third-order valence-electron chi connectivity index (χ3n) is 3.44. The fourth-order valence-electron chi connectivity index (χ4n) is 2.63. The van der Waals surface area contributed by atoms with Gasteiger partial charge in [-0.2, -0.15) is 0 Å². The first-order valence-electron chi connectivity index (χ1n) is 6.47. The topological polar surface area (TPSA) is 46.3 Å². The quantitative estimate of drug-likeness (QED) is 0.912. The highest BCUT2D eigenvalue weighted by atomic mass is 19.3. The number of nitrogens with zero attached hydrogens (tertiary/aromatic N) is 1. The van der Waals surface area contributed by atoms with E-state index in [1.807, 2.05) is 6.92 Å². The number of alkyl halides is 2. The summed E-state index contributed by atoms with van der Waals surface area (Å²) < 4.78 is 25.5. The number of hydrogen-bond acceptors (Lipinski definition) is 2. The lowest BCUT2D eigenvalue weighted by Gasteiger charge is -2.27. The van der Waals surface area contributed by atoms with E-state index in [4.69, 9.17) is 5.73 Å². The summed E-state index contributed by atoms with van der Waals surface area (Å²) in [5.74, 6) is 0.00167. The summed E-state index contributed by atoms with van der Waals surface area (Å²) in [4.78, 5) is 13.6. The highest BCUT2D eigenvalue weighted by Gasteiger charge is 2.38. The highest BCUT2D eigenvalue weighted by Crippen LogP contribution is 2.33. The van der Waals surface area contributed by atoms with Crippen molar-refractivity contribution in [1.82, 2.24) is 4.90 Å². The van der Waals surface area contributed by atoms with E-state index in [-0.39, 0.29) is 30.0 Å². The molecule has 19 heavy (non-hydrogen) atoms. The van der Waals surface area contributed by atoms with Gasteiger partial charge in [-0.15, -0.1) is 0 Å². The Kier molecular flexibility index (Phi) is 4.14. The minimum Gasteiger partial charge on any atom is -0.334 e. The van der Waals surface area contributed by atoms with E-state index in [1.54, 1.807) is 17.0 Å². The van der Waals surface area contributed by atoms with Crippen LogP contribution in [0.5, 0.6) is 0 Å². The second-order valence-corrected chi connectivity index (χ2v) is 4.87. The molecule has 0 spiro atoms. The zero-order chi connectivity index (χ0) is 14.0. The van der Waals surface area contributed by atoms with Gasteiger partial charge >= 0.3 is 0 Å². The Balaban J connectivity index is 2.32. The van der Waals surface area contributed by atoms with Crippen LogP contribution in [0.2, 0.25) is 0 Å². The van der Waals surface area contributed by atoms with Gasteiger partial charge in [0.15, 0.2) is 0 Å². The molecule has 3 nitrogen and oxygen atoms in total. The number of benzene rings is 1. The lowest BCUT2D eigenvalue weighted by atomic mass is 9.99. The van der Waals surface area contributed by atoms with Gasteiger partial charge < -0.3 is 10.6 Å². The molecule has 2 atom stereocenters. The van der Waals surface area contributed by atoms with E-state index in [2.05, 4.69) is 0 Å². The third kappa shape index (κ3) is 2.76. The van der Waals surface area contributed by atoms with Gasteiger partial charge in [0.25, 0.3) is 6.43 Å². The molecular formula is C14H18F2N2O. The largest absolute Gasteiger partial charge is 0.334 e. The van der Waals surface area contributed by atoms with Crippen LogP contribution in [0, 0.1) is 0 Å². The molecule has 0 aliphatic carbocycles. The fourth-order valence-corrected chi connectivity index (χ4v) is 2.63. The number of carbonyl (C=O) groups is 1. The van der Waals surface area contributed by atoms with Crippen LogP contribution < -0.4 is 5.73 Å². The smallest absolute Gasteiger partial charge is 0.263 e. The van der Waals surface area contributed by atoms with Gasteiger partial charge in [-0.25, -0.2) is 8.78 Å². The molecule has 2 N–H and O–H groups in total. The molecule has 1 saturated heterocycles. The van der Waals surface area contributed by atoms with Crippen LogP contribution in [0.25, 0.3) is 0 Å². The van der Waals surface area contributed by atoms with E-state index < -0.39 is 6.43 Å². The van der Waals surface area contributed by atoms with Crippen LogP contribution in [-0.4, -0.2) is 23.4 Å². The number of amides is 1. The van der Waals surface area contributed by atoms with Crippen molar-refractivity contribution in [3.8, 4) is 0 Å². The number of likely N-dealkylation sites (tertiary alicyclic amines) is 1. The maximum Gasteiger partial charge on any atom is 0.263 e. The summed E-state index contributed by atoms with van der Waals surface area (Å²) >= 11 is 0. The van der Waals surface area contributed by atoms with Gasteiger partial charge in [-0.1, -0.05) is 25.1 Å². The molecule has 1 fully saturated rings. The van der Waals surface area contributed by atoms with E-state index in [9.17, 15) is 13.6 Å². The molecular weight excluding hydrogens is 250 g/mol. The van der Waals surface area contributed by atoms with Crippen LogP contribution in [0.15, 0.2) is 24.3 Å². The Hall–Kier alpha value is -1.49. The van der Waals surface area contributed by atoms with E-state index in [0.717, 1.165) is 6.42 Å². The van der Waals surface area contributed by atoms with Gasteiger partial charge in [-0.3, -0.25) is 4.79 Å². The summed E-state index contributed by atoms with van der Waals surface area (Å²) in [6, 6.07) is 5.59. The molecule has 5 heteroatoms. The van der Waals surface area contributed by atoms with Crippen molar-refractivity contribution in [2.45, 2.75) is 38.3 Å². The van der Waals surface area contributed by atoms with Crippen LogP contribution in [0.1, 0.15) is 43.4 Å². The van der Waals surface area contributed by atoms with Crippen LogP contribution >= 0.6 is 0 Å². The molecule has 1 aliphatic heterocycles. The van der Waals surface area contributed by atoms with E-state index in [0.29, 0.717) is 12.1 Å². The predicted octanol–water partition coefficient (Wildman–Crippen LogP) is 2.63. The monoisotopic (exact) mass is 268 g/mol. The van der Waals surface area contributed by atoms with Crippen molar-refractivity contribution < 1.29 is 13.6 Å². The van der Waals surface area contributed by atoms with E-state index >= 15 is 0 Å². The highest BCUT2D eigenvalue weighted by molar-refractivity contribution is 5.80. The molecule has 0 aromatic heterocycles. The number of carbonyl (C=O) groups excluding carboxylic acids is 1. The Morgan fingerprint density at radius 3 is 2.84 bits per heavy atom. The minimum absolute atomic E-state index is 0.00167. The zero-order valence-electron chi connectivity index (χ0n) is 10.9. The summed E-state index contributed by atoms with van der Waals surface area (Å²) in [7, 11) is 0. The Bertz CT molecular complexity index is 465. The molecule has 0 radical (unpaired) electrons. The SMILES string of the molecule is CCCN1C(=O)CC(N)C1c1cccc(C(F)F)c1. The normalized spacial score (nSPS) is 23.4. The Morgan fingerprint density at radius 2 is 2.21 bits per heavy atom. The minimum atomic E-state index is -2.51. The molecule has 2 rings (SSSR count). The van der Waals surface area contributed by atoms with Crippen molar-refractivity contribution in [2.75, 3.05) is 6.54 Å². The summed E-state index contributed by atoms with van der Waals surface area (Å²) in [5, 5.41) is 0. The first-order chi connectivity index (χ1) is 9.04. The Labute approximate surface area is 111 Å². The van der Waals surface area contributed by atoms with Crippen LogP contribution in [-0.2, 0) is 4.79 Å². The molecule has 1 amide bonds. The second-order valence-electron chi connectivity index (χ2n) is 4.87. The van der Waals surface area contributed by atoms with Crippen molar-refractivity contribution in [2.24, 2.45) is 5.73 Å². The van der Waals surface area contributed by atoms with Crippen molar-refractivity contribution in [1.29, 1.82) is 0 Å². The first-order valence-corrected chi connectivity index (χ1v) is 6.47. The fraction of sp³-hybridized carbons (Fsp3) is 0.500. The first kappa shape index (κ1) is 13.9. The van der Waals surface area contributed by atoms with E-state index in [1.165, 1.54) is 12.1 Å². The van der Waals surface area contributed by atoms with Crippen molar-refractivity contribution >= 4 is 5.91 Å². The van der Waals surface area contributed by atoms with Crippen molar-refractivity contribution in [3.63, 3.8) is 0 Å². The third-order valence-corrected chi connectivity index (χ3v) is 3.44. The Morgan fingerprint density at radius 1 is 1.47 bits per heavy atom. The maximum absolute atomic E-state index is 12.7. The second kappa shape index (κ2) is 5.65. The van der Waals surface area contributed by atoms with Gasteiger partial charge in [-0.05, 0) is 18.1 Å². The maximum atomic E-state index is 12.7. The number of halogens is 2. The predicted molar refractivity (Wildman–Crippen MR) is 68.7 cm³/mol. The van der Waals surface area contributed by atoms with Crippen molar-refractivity contribution in [3.05, 3.63) is 35.4 Å². The molecule has 1 aromatic rings. The van der Waals surface area contributed by atoms with Gasteiger partial charge in [0.2, 0.25) is 5.91 Å². The van der Waals surface area contributed by atoms with Gasteiger partial charge in [0, 0.05) is 24.6 Å². The summed E-state index contributed by atoms with van der Waals surface area (Å²) in [6.45, 7) is 2.58. The molecule has 1 heterocycles.